The van der Waals surface area contributed by atoms with Crippen molar-refractivity contribution in [3.63, 3.8) is 0 Å². The lowest BCUT2D eigenvalue weighted by molar-refractivity contribution is -0.345. The van der Waals surface area contributed by atoms with Crippen LogP contribution in [0.15, 0.2) is 11.6 Å². The summed E-state index contributed by atoms with van der Waals surface area (Å²) < 4.78 is 24.1. The molecule has 0 bridgehead atoms. The normalized spacial score (nSPS) is 52.1. The molecule has 12 nitrogen and oxygen atoms in total. The van der Waals surface area contributed by atoms with Crippen molar-refractivity contribution in [1.82, 2.24) is 0 Å². The van der Waals surface area contributed by atoms with Gasteiger partial charge in [0.1, 0.15) is 42.7 Å². The van der Waals surface area contributed by atoms with Gasteiger partial charge in [-0.25, -0.2) is 0 Å². The molecule has 4 saturated carbocycles. The molecule has 2 saturated heterocycles. The molecule has 53 heavy (non-hydrogen) atoms. The molecular weight excluding hydrogens is 684 g/mol. The van der Waals surface area contributed by atoms with Gasteiger partial charge in [-0.15, -0.1) is 0 Å². The number of allylic oxidation sites excluding steroid dienone is 2. The Hall–Kier alpha value is -0.740. The van der Waals surface area contributed by atoms with Gasteiger partial charge in [0, 0.05) is 0 Å². The van der Waals surface area contributed by atoms with Crippen molar-refractivity contribution in [2.75, 3.05) is 13.2 Å². The Kier molecular flexibility index (Phi) is 11.8. The average molecular weight is 755 g/mol. The van der Waals surface area contributed by atoms with Gasteiger partial charge in [-0.2, -0.15) is 0 Å². The SMILES string of the molecule is CC(C)=CCC[C@](C)(O[C@H]1O[C@H](CO[C@H]2OC[C@@H](O)[C@@H](O)[C@@H]2O)[C@@H](O)[C@H](O)[C@H]1O)[C@H]1CC[C@]2(C)[C@@H]1[C@H](O)C[C@@H]1[C@@]3(C)CC[C@H](O)C(C)(C)[C@H]3CC[C@]12C. The van der Waals surface area contributed by atoms with E-state index in [-0.39, 0.29) is 52.8 Å². The summed E-state index contributed by atoms with van der Waals surface area (Å²) in [6.07, 6.45) is -4.18. The van der Waals surface area contributed by atoms with E-state index in [1.54, 1.807) is 0 Å². The third-order valence-corrected chi connectivity index (χ3v) is 16.3. The number of aliphatic hydroxyl groups excluding tert-OH is 8. The minimum Gasteiger partial charge on any atom is -0.393 e. The fraction of sp³-hybridized carbons (Fsp3) is 0.951. The molecule has 2 aliphatic heterocycles. The van der Waals surface area contributed by atoms with Crippen LogP contribution in [-0.4, -0.2) is 127 Å². The van der Waals surface area contributed by atoms with Crippen LogP contribution < -0.4 is 0 Å². The van der Waals surface area contributed by atoms with E-state index in [4.69, 9.17) is 18.9 Å². The second-order valence-electron chi connectivity index (χ2n) is 19.7. The maximum absolute atomic E-state index is 12.4. The summed E-state index contributed by atoms with van der Waals surface area (Å²) in [4.78, 5) is 0. The number of hydrogen-bond acceptors (Lipinski definition) is 12. The highest BCUT2D eigenvalue weighted by molar-refractivity contribution is 5.20. The third-order valence-electron chi connectivity index (χ3n) is 16.3. The molecule has 0 aromatic carbocycles. The summed E-state index contributed by atoms with van der Waals surface area (Å²) >= 11 is 0. The highest BCUT2D eigenvalue weighted by Crippen LogP contribution is 2.76. The molecule has 6 fully saturated rings. The minimum absolute atomic E-state index is 0.00324. The molecular formula is C41H70O12. The molecule has 19 atom stereocenters. The summed E-state index contributed by atoms with van der Waals surface area (Å²) in [5.74, 6) is 0.469. The van der Waals surface area contributed by atoms with Gasteiger partial charge in [-0.3, -0.25) is 0 Å². The molecule has 0 spiro atoms. The van der Waals surface area contributed by atoms with Gasteiger partial charge in [-0.05, 0) is 124 Å². The molecule has 306 valence electrons. The predicted octanol–water partition coefficient (Wildman–Crippen LogP) is 2.79. The van der Waals surface area contributed by atoms with Gasteiger partial charge in [0.05, 0.1) is 31.0 Å². The van der Waals surface area contributed by atoms with E-state index in [0.717, 1.165) is 44.1 Å². The van der Waals surface area contributed by atoms with Gasteiger partial charge in [0.15, 0.2) is 12.6 Å². The quantitative estimate of drug-likeness (QED) is 0.161. The number of ether oxygens (including phenoxy) is 4. The maximum Gasteiger partial charge on any atom is 0.187 e. The number of fused-ring (bicyclic) bond motifs is 5. The zero-order valence-corrected chi connectivity index (χ0v) is 33.2. The summed E-state index contributed by atoms with van der Waals surface area (Å²) in [6.45, 7) is 17.2. The van der Waals surface area contributed by atoms with Gasteiger partial charge in [-0.1, -0.05) is 46.3 Å². The van der Waals surface area contributed by atoms with Crippen LogP contribution in [0.4, 0.5) is 0 Å². The Bertz CT molecular complexity index is 1320. The van der Waals surface area contributed by atoms with E-state index in [1.165, 1.54) is 0 Å². The van der Waals surface area contributed by atoms with Gasteiger partial charge >= 0.3 is 0 Å². The molecule has 8 N–H and O–H groups in total. The van der Waals surface area contributed by atoms with E-state index < -0.39 is 67.0 Å². The van der Waals surface area contributed by atoms with Gasteiger partial charge in [0.25, 0.3) is 0 Å². The Morgan fingerprint density at radius 2 is 1.42 bits per heavy atom. The molecule has 0 aromatic heterocycles. The van der Waals surface area contributed by atoms with Crippen molar-refractivity contribution < 1.29 is 59.8 Å². The Balaban J connectivity index is 1.26. The van der Waals surface area contributed by atoms with E-state index in [0.29, 0.717) is 31.1 Å². The fourth-order valence-corrected chi connectivity index (χ4v) is 12.9. The van der Waals surface area contributed by atoms with Crippen LogP contribution in [-0.2, 0) is 18.9 Å². The van der Waals surface area contributed by atoms with E-state index in [1.807, 2.05) is 20.8 Å². The van der Waals surface area contributed by atoms with E-state index in [9.17, 15) is 40.9 Å². The summed E-state index contributed by atoms with van der Waals surface area (Å²) in [5.41, 5.74) is -0.185. The Morgan fingerprint density at radius 3 is 2.09 bits per heavy atom. The molecule has 0 aromatic rings. The molecule has 6 aliphatic rings. The van der Waals surface area contributed by atoms with Crippen molar-refractivity contribution in [1.29, 1.82) is 0 Å². The first-order valence-electron chi connectivity index (χ1n) is 20.3. The first-order chi connectivity index (χ1) is 24.6. The van der Waals surface area contributed by atoms with E-state index >= 15 is 0 Å². The van der Waals surface area contributed by atoms with Crippen LogP contribution in [0.25, 0.3) is 0 Å². The molecule has 0 amide bonds. The number of aliphatic hydroxyl groups is 8. The zero-order valence-electron chi connectivity index (χ0n) is 33.2. The zero-order chi connectivity index (χ0) is 39.1. The predicted molar refractivity (Wildman–Crippen MR) is 195 cm³/mol. The van der Waals surface area contributed by atoms with Crippen molar-refractivity contribution in [2.24, 2.45) is 45.3 Å². The van der Waals surface area contributed by atoms with Crippen LogP contribution in [0.5, 0.6) is 0 Å². The van der Waals surface area contributed by atoms with Crippen LogP contribution in [0.2, 0.25) is 0 Å². The molecule has 4 aliphatic carbocycles. The van der Waals surface area contributed by atoms with Crippen molar-refractivity contribution in [3.05, 3.63) is 11.6 Å². The molecule has 6 rings (SSSR count). The first-order valence-corrected chi connectivity index (χ1v) is 20.3. The second kappa shape index (κ2) is 14.9. The van der Waals surface area contributed by atoms with Gasteiger partial charge < -0.3 is 59.8 Å². The Morgan fingerprint density at radius 1 is 0.755 bits per heavy atom. The summed E-state index contributed by atoms with van der Waals surface area (Å²) in [5, 5.41) is 87.0. The maximum atomic E-state index is 12.4. The number of hydrogen-bond donors (Lipinski definition) is 8. The topological polar surface area (TPSA) is 199 Å². The highest BCUT2D eigenvalue weighted by atomic mass is 16.7. The monoisotopic (exact) mass is 754 g/mol. The Labute approximate surface area is 315 Å². The molecule has 0 unspecified atom stereocenters. The molecule has 2 heterocycles. The molecule has 12 heteroatoms. The lowest BCUT2D eigenvalue weighted by atomic mass is 9.35. The second-order valence-corrected chi connectivity index (χ2v) is 19.7. The van der Waals surface area contributed by atoms with Crippen LogP contribution >= 0.6 is 0 Å². The van der Waals surface area contributed by atoms with Gasteiger partial charge in [0.2, 0.25) is 0 Å². The third kappa shape index (κ3) is 6.90. The van der Waals surface area contributed by atoms with E-state index in [2.05, 4.69) is 40.7 Å². The van der Waals surface area contributed by atoms with Crippen LogP contribution in [0.3, 0.4) is 0 Å². The minimum atomic E-state index is -1.63. The lowest BCUT2D eigenvalue weighted by Gasteiger charge is -2.70. The highest BCUT2D eigenvalue weighted by Gasteiger charge is 2.71. The van der Waals surface area contributed by atoms with Crippen LogP contribution in [0, 0.1) is 45.3 Å². The number of rotatable bonds is 9. The van der Waals surface area contributed by atoms with Crippen molar-refractivity contribution in [2.45, 2.75) is 186 Å². The molecule has 0 radical (unpaired) electrons. The summed E-state index contributed by atoms with van der Waals surface area (Å²) in [6, 6.07) is 0. The van der Waals surface area contributed by atoms with Crippen molar-refractivity contribution in [3.8, 4) is 0 Å². The largest absolute Gasteiger partial charge is 0.393 e. The standard InChI is InChI=1S/C41H70O12/c1-21(2)10-9-14-41(8,53-36-34(49)32(47)31(46)25(52-36)20-51-35-33(48)30(45)24(43)19-50-35)22-11-16-40(7)29(22)23(42)18-27-38(5)15-13-28(44)37(3,4)26(38)12-17-39(27,40)6/h10,22-36,42-49H,9,11-20H2,1-8H3/t22-,23+,24+,25+,26+,27+,28-,29-,30+,31+,32-,33-,34+,35+,36+,38-,39+,40+,41-/m0/s1. The van der Waals surface area contributed by atoms with Crippen molar-refractivity contribution >= 4 is 0 Å². The lowest BCUT2D eigenvalue weighted by Crippen LogP contribution is -2.67. The van der Waals surface area contributed by atoms with Crippen LogP contribution in [0.1, 0.15) is 113 Å². The first kappa shape index (κ1) is 41.9. The summed E-state index contributed by atoms with van der Waals surface area (Å²) in [7, 11) is 0. The smallest absolute Gasteiger partial charge is 0.187 e. The average Bonchev–Trinajstić information content (AvgIpc) is 3.47. The fourth-order valence-electron chi connectivity index (χ4n) is 12.9.